The third-order valence-corrected chi connectivity index (χ3v) is 3.78. The Balaban J connectivity index is 2.09. The summed E-state index contributed by atoms with van der Waals surface area (Å²) in [7, 11) is 0. The molecule has 0 aliphatic heterocycles. The van der Waals surface area contributed by atoms with Crippen molar-refractivity contribution < 1.29 is 0 Å². The minimum atomic E-state index is 1.16. The van der Waals surface area contributed by atoms with Crippen molar-refractivity contribution in [1.82, 2.24) is 0 Å². The number of fused-ring (bicyclic) bond motifs is 1. The number of hydrogen-bond acceptors (Lipinski definition) is 0. The molecule has 0 saturated heterocycles. The highest BCUT2D eigenvalue weighted by Gasteiger charge is 2.09. The second-order valence-corrected chi connectivity index (χ2v) is 5.05. The van der Waals surface area contributed by atoms with Crippen molar-refractivity contribution in [2.75, 3.05) is 0 Å². The second-order valence-electron chi connectivity index (χ2n) is 5.05. The van der Waals surface area contributed by atoms with Gasteiger partial charge < -0.3 is 0 Å². The normalized spacial score (nSPS) is 18.4. The molecule has 0 aromatic heterocycles. The predicted molar refractivity (Wildman–Crippen MR) is 79.5 cm³/mol. The first kappa shape index (κ1) is 11.3. The molecule has 1 saturated carbocycles. The summed E-state index contributed by atoms with van der Waals surface area (Å²) in [6.07, 6.45) is 7.28. The maximum absolute atomic E-state index is 4.20. The van der Waals surface area contributed by atoms with E-state index in [1.807, 2.05) is 0 Å². The zero-order valence-electron chi connectivity index (χ0n) is 10.7. The first-order valence-corrected chi connectivity index (χ1v) is 6.71. The van der Waals surface area contributed by atoms with Gasteiger partial charge in [0.05, 0.1) is 0 Å². The van der Waals surface area contributed by atoms with Gasteiger partial charge in [-0.2, -0.15) is 0 Å². The summed E-state index contributed by atoms with van der Waals surface area (Å²) < 4.78 is 0. The van der Waals surface area contributed by atoms with Crippen LogP contribution < -0.4 is 0 Å². The number of hydrogen-bond donors (Lipinski definition) is 0. The number of rotatable bonds is 1. The summed E-state index contributed by atoms with van der Waals surface area (Å²) in [6.45, 7) is 4.20. The molecule has 3 rings (SSSR count). The van der Waals surface area contributed by atoms with Gasteiger partial charge in [0.15, 0.2) is 0 Å². The van der Waals surface area contributed by atoms with Crippen molar-refractivity contribution in [2.24, 2.45) is 0 Å². The molecule has 1 fully saturated rings. The van der Waals surface area contributed by atoms with Crippen LogP contribution in [0.1, 0.15) is 31.2 Å². The zero-order chi connectivity index (χ0) is 12.4. The van der Waals surface area contributed by atoms with Crippen LogP contribution in [-0.4, -0.2) is 0 Å². The minimum absolute atomic E-state index is 1.16. The average molecular weight is 234 g/mol. The fourth-order valence-corrected chi connectivity index (χ4v) is 2.73. The van der Waals surface area contributed by atoms with Gasteiger partial charge in [0.1, 0.15) is 0 Å². The largest absolute Gasteiger partial charge is 0.0956 e. The Kier molecular flexibility index (Phi) is 3.02. The summed E-state index contributed by atoms with van der Waals surface area (Å²) in [5, 5.41) is 2.65. The monoisotopic (exact) mass is 234 g/mol. The van der Waals surface area contributed by atoms with Crippen LogP contribution in [0.3, 0.4) is 0 Å². The van der Waals surface area contributed by atoms with E-state index in [-0.39, 0.29) is 0 Å². The lowest BCUT2D eigenvalue weighted by Crippen LogP contribution is -1.97. The third-order valence-electron chi connectivity index (χ3n) is 3.78. The van der Waals surface area contributed by atoms with Gasteiger partial charge >= 0.3 is 0 Å². The molecular weight excluding hydrogens is 216 g/mol. The van der Waals surface area contributed by atoms with Crippen LogP contribution in [0.4, 0.5) is 0 Å². The fraction of sp³-hybridized carbons (Fsp3) is 0.222. The lowest BCUT2D eigenvalue weighted by Gasteiger charge is -2.17. The molecule has 0 amide bonds. The van der Waals surface area contributed by atoms with Crippen LogP contribution in [0.5, 0.6) is 0 Å². The summed E-state index contributed by atoms with van der Waals surface area (Å²) in [5.74, 6) is 0. The number of allylic oxidation sites excluding steroid dienone is 2. The maximum Gasteiger partial charge on any atom is -0.0111 e. The molecule has 18 heavy (non-hydrogen) atoms. The highest BCUT2D eigenvalue weighted by atomic mass is 14.1. The van der Waals surface area contributed by atoms with Crippen molar-refractivity contribution in [2.45, 2.75) is 25.7 Å². The SMILES string of the molecule is C=C1CCCC/C1=C\c1cccc2ccccc12. The van der Waals surface area contributed by atoms with Crippen LogP contribution in [0.25, 0.3) is 16.8 Å². The molecule has 90 valence electrons. The van der Waals surface area contributed by atoms with Gasteiger partial charge in [-0.3, -0.25) is 0 Å². The van der Waals surface area contributed by atoms with E-state index in [9.17, 15) is 0 Å². The molecule has 0 N–H and O–H groups in total. The van der Waals surface area contributed by atoms with E-state index < -0.39 is 0 Å². The van der Waals surface area contributed by atoms with E-state index in [0.717, 1.165) is 6.42 Å². The molecule has 2 aromatic rings. The first-order valence-electron chi connectivity index (χ1n) is 6.71. The summed E-state index contributed by atoms with van der Waals surface area (Å²) >= 11 is 0. The van der Waals surface area contributed by atoms with Crippen molar-refractivity contribution in [3.05, 3.63) is 65.8 Å². The molecule has 2 aromatic carbocycles. The molecule has 0 radical (unpaired) electrons. The molecule has 0 spiro atoms. The second kappa shape index (κ2) is 4.81. The molecule has 0 bridgehead atoms. The molecule has 1 aliphatic carbocycles. The topological polar surface area (TPSA) is 0 Å². The van der Waals surface area contributed by atoms with E-state index in [0.29, 0.717) is 0 Å². The van der Waals surface area contributed by atoms with E-state index >= 15 is 0 Å². The molecule has 0 atom stereocenters. The van der Waals surface area contributed by atoms with Gasteiger partial charge in [-0.1, -0.05) is 60.7 Å². The molecule has 1 aliphatic rings. The maximum atomic E-state index is 4.20. The Labute approximate surface area is 109 Å². The zero-order valence-corrected chi connectivity index (χ0v) is 10.7. The summed E-state index contributed by atoms with van der Waals surface area (Å²) in [5.41, 5.74) is 4.10. The fourth-order valence-electron chi connectivity index (χ4n) is 2.73. The van der Waals surface area contributed by atoms with Crippen LogP contribution in [0.2, 0.25) is 0 Å². The highest BCUT2D eigenvalue weighted by molar-refractivity contribution is 5.91. The number of benzene rings is 2. The Morgan fingerprint density at radius 2 is 1.67 bits per heavy atom. The standard InChI is InChI=1S/C18H18/c1-14-7-2-3-9-16(14)13-17-11-6-10-15-8-4-5-12-18(15)17/h4-6,8,10-13H,1-3,7,9H2/b16-13+. The average Bonchev–Trinajstić information content (AvgIpc) is 2.42. The smallest absolute Gasteiger partial charge is 0.0111 e. The van der Waals surface area contributed by atoms with Crippen molar-refractivity contribution in [3.8, 4) is 0 Å². The van der Waals surface area contributed by atoms with Gasteiger partial charge in [0, 0.05) is 0 Å². The lowest BCUT2D eigenvalue weighted by atomic mass is 9.89. The van der Waals surface area contributed by atoms with Crippen molar-refractivity contribution in [1.29, 1.82) is 0 Å². The Morgan fingerprint density at radius 3 is 2.56 bits per heavy atom. The quantitative estimate of drug-likeness (QED) is 0.623. The lowest BCUT2D eigenvalue weighted by molar-refractivity contribution is 0.684. The summed E-state index contributed by atoms with van der Waals surface area (Å²) in [6, 6.07) is 15.1. The van der Waals surface area contributed by atoms with Gasteiger partial charge in [-0.25, -0.2) is 0 Å². The Hall–Kier alpha value is -1.82. The molecule has 0 unspecified atom stereocenters. The predicted octanol–water partition coefficient (Wildman–Crippen LogP) is 5.35. The van der Waals surface area contributed by atoms with Crippen molar-refractivity contribution >= 4 is 16.8 Å². The van der Waals surface area contributed by atoms with Gasteiger partial charge in [0.2, 0.25) is 0 Å². The molecular formula is C18H18. The minimum Gasteiger partial charge on any atom is -0.0956 e. The van der Waals surface area contributed by atoms with E-state index in [4.69, 9.17) is 0 Å². The van der Waals surface area contributed by atoms with Crippen LogP contribution >= 0.6 is 0 Å². The van der Waals surface area contributed by atoms with Gasteiger partial charge in [-0.05, 0) is 47.6 Å². The Bertz CT molecular complexity index is 611. The van der Waals surface area contributed by atoms with E-state index in [1.54, 1.807) is 0 Å². The molecule has 0 heterocycles. The van der Waals surface area contributed by atoms with Crippen molar-refractivity contribution in [3.63, 3.8) is 0 Å². The Morgan fingerprint density at radius 1 is 0.889 bits per heavy atom. The van der Waals surface area contributed by atoms with Crippen LogP contribution in [0, 0.1) is 0 Å². The first-order chi connectivity index (χ1) is 8.84. The summed E-state index contributed by atoms with van der Waals surface area (Å²) in [4.78, 5) is 0. The molecule has 0 nitrogen and oxygen atoms in total. The van der Waals surface area contributed by atoms with Gasteiger partial charge in [-0.15, -0.1) is 0 Å². The van der Waals surface area contributed by atoms with Gasteiger partial charge in [0.25, 0.3) is 0 Å². The highest BCUT2D eigenvalue weighted by Crippen LogP contribution is 2.30. The van der Waals surface area contributed by atoms with E-state index in [1.165, 1.54) is 46.7 Å². The third kappa shape index (κ3) is 2.11. The van der Waals surface area contributed by atoms with E-state index in [2.05, 4.69) is 55.1 Å². The van der Waals surface area contributed by atoms with Crippen LogP contribution in [-0.2, 0) is 0 Å². The molecule has 0 heteroatoms. The van der Waals surface area contributed by atoms with Crippen LogP contribution in [0.15, 0.2) is 60.2 Å².